The molecule has 0 aromatic rings. The average Bonchev–Trinajstić information content (AvgIpc) is 2.15. The maximum absolute atomic E-state index is 11.9. The van der Waals surface area contributed by atoms with E-state index in [0.29, 0.717) is 13.1 Å². The van der Waals surface area contributed by atoms with Crippen molar-refractivity contribution in [3.8, 4) is 0 Å². The summed E-state index contributed by atoms with van der Waals surface area (Å²) in [6.07, 6.45) is 1.01. The van der Waals surface area contributed by atoms with Crippen molar-refractivity contribution in [3.63, 3.8) is 0 Å². The molecule has 2 atom stereocenters. The summed E-state index contributed by atoms with van der Waals surface area (Å²) in [5, 5.41) is 2.72. The molecule has 0 aliphatic rings. The first-order valence-electron chi connectivity index (χ1n) is 6.16. The van der Waals surface area contributed by atoms with Gasteiger partial charge in [0.2, 0.25) is 10.0 Å². The zero-order valence-corrected chi connectivity index (χ0v) is 12.5. The lowest BCUT2D eigenvalue weighted by Gasteiger charge is -2.21. The Bertz CT molecular complexity index is 291. The minimum Gasteiger partial charge on any atom is -0.315 e. The summed E-state index contributed by atoms with van der Waals surface area (Å²) in [5.41, 5.74) is 0. The predicted octanol–water partition coefficient (Wildman–Crippen LogP) is 0.244. The molecule has 0 aliphatic heterocycles. The van der Waals surface area contributed by atoms with Crippen LogP contribution < -0.4 is 10.0 Å². The van der Waals surface area contributed by atoms with Gasteiger partial charge in [0.05, 0.1) is 5.25 Å². The molecule has 0 fully saturated rings. The third-order valence-electron chi connectivity index (χ3n) is 2.39. The molecular weight excluding hydrogens is 238 g/mol. The molecule has 0 aromatic carbocycles. The van der Waals surface area contributed by atoms with Gasteiger partial charge in [-0.1, -0.05) is 6.92 Å². The number of hydrogen-bond acceptors (Lipinski definition) is 4. The molecule has 0 radical (unpaired) electrons. The Kier molecular flexibility index (Phi) is 7.94. The summed E-state index contributed by atoms with van der Waals surface area (Å²) >= 11 is 0. The van der Waals surface area contributed by atoms with Crippen molar-refractivity contribution in [2.75, 3.05) is 33.7 Å². The lowest BCUT2D eigenvalue weighted by Crippen LogP contribution is -2.45. The highest BCUT2D eigenvalue weighted by atomic mass is 32.2. The lowest BCUT2D eigenvalue weighted by atomic mass is 10.3. The second-order valence-electron chi connectivity index (χ2n) is 4.84. The SMILES string of the molecule is CCCNCC(C)S(=O)(=O)NC(C)CN(C)C. The van der Waals surface area contributed by atoms with Gasteiger partial charge in [-0.05, 0) is 40.9 Å². The van der Waals surface area contributed by atoms with Crippen LogP contribution in [0.2, 0.25) is 0 Å². The molecule has 6 heteroatoms. The fourth-order valence-corrected chi connectivity index (χ4v) is 2.78. The van der Waals surface area contributed by atoms with Crippen LogP contribution in [0.1, 0.15) is 27.2 Å². The molecule has 5 nitrogen and oxygen atoms in total. The highest BCUT2D eigenvalue weighted by Crippen LogP contribution is 1.99. The number of nitrogens with one attached hydrogen (secondary N) is 2. The maximum Gasteiger partial charge on any atom is 0.215 e. The zero-order valence-electron chi connectivity index (χ0n) is 11.7. The molecule has 0 heterocycles. The summed E-state index contributed by atoms with van der Waals surface area (Å²) in [4.78, 5) is 1.97. The Balaban J connectivity index is 4.17. The Morgan fingerprint density at radius 2 is 1.82 bits per heavy atom. The van der Waals surface area contributed by atoms with Gasteiger partial charge < -0.3 is 10.2 Å². The van der Waals surface area contributed by atoms with Crippen LogP contribution >= 0.6 is 0 Å². The van der Waals surface area contributed by atoms with E-state index in [0.717, 1.165) is 13.0 Å². The van der Waals surface area contributed by atoms with Crippen LogP contribution in [0.25, 0.3) is 0 Å². The Morgan fingerprint density at radius 1 is 1.24 bits per heavy atom. The van der Waals surface area contributed by atoms with E-state index in [9.17, 15) is 8.42 Å². The van der Waals surface area contributed by atoms with Crippen molar-refractivity contribution in [1.82, 2.24) is 14.9 Å². The van der Waals surface area contributed by atoms with Crippen LogP contribution in [-0.2, 0) is 10.0 Å². The first-order valence-corrected chi connectivity index (χ1v) is 7.70. The topological polar surface area (TPSA) is 61.4 Å². The average molecular weight is 265 g/mol. The van der Waals surface area contributed by atoms with Crippen molar-refractivity contribution in [1.29, 1.82) is 0 Å². The number of hydrogen-bond donors (Lipinski definition) is 2. The van der Waals surface area contributed by atoms with Gasteiger partial charge in [0.25, 0.3) is 0 Å². The Labute approximate surface area is 106 Å². The number of nitrogens with zero attached hydrogens (tertiary/aromatic N) is 1. The molecule has 17 heavy (non-hydrogen) atoms. The molecule has 0 bridgehead atoms. The van der Waals surface area contributed by atoms with E-state index in [4.69, 9.17) is 0 Å². The summed E-state index contributed by atoms with van der Waals surface area (Å²) in [7, 11) is 0.630. The van der Waals surface area contributed by atoms with E-state index in [1.54, 1.807) is 6.92 Å². The van der Waals surface area contributed by atoms with Gasteiger partial charge >= 0.3 is 0 Å². The highest BCUT2D eigenvalue weighted by molar-refractivity contribution is 7.90. The van der Waals surface area contributed by atoms with Crippen LogP contribution in [0.3, 0.4) is 0 Å². The number of sulfonamides is 1. The van der Waals surface area contributed by atoms with Crippen LogP contribution in [0.4, 0.5) is 0 Å². The van der Waals surface area contributed by atoms with Crippen LogP contribution in [-0.4, -0.2) is 58.3 Å². The molecule has 0 aliphatic carbocycles. The van der Waals surface area contributed by atoms with Crippen molar-refractivity contribution in [2.45, 2.75) is 38.5 Å². The molecule has 0 amide bonds. The third-order valence-corrected chi connectivity index (χ3v) is 4.35. The van der Waals surface area contributed by atoms with Crippen molar-refractivity contribution >= 4 is 10.0 Å². The minimum absolute atomic E-state index is 0.0661. The first kappa shape index (κ1) is 16.8. The van der Waals surface area contributed by atoms with Crippen LogP contribution in [0, 0.1) is 0 Å². The minimum atomic E-state index is -3.22. The van der Waals surface area contributed by atoms with Crippen molar-refractivity contribution in [2.24, 2.45) is 0 Å². The van der Waals surface area contributed by atoms with E-state index < -0.39 is 15.3 Å². The quantitative estimate of drug-likeness (QED) is 0.587. The van der Waals surface area contributed by atoms with Crippen LogP contribution in [0.5, 0.6) is 0 Å². The molecule has 0 spiro atoms. The highest BCUT2D eigenvalue weighted by Gasteiger charge is 2.22. The van der Waals surface area contributed by atoms with E-state index in [-0.39, 0.29) is 6.04 Å². The summed E-state index contributed by atoms with van der Waals surface area (Å²) < 4.78 is 26.6. The van der Waals surface area contributed by atoms with E-state index >= 15 is 0 Å². The maximum atomic E-state index is 11.9. The monoisotopic (exact) mass is 265 g/mol. The molecule has 2 N–H and O–H groups in total. The molecular formula is C11H27N3O2S. The zero-order chi connectivity index (χ0) is 13.5. The second-order valence-corrected chi connectivity index (χ2v) is 6.97. The number of likely N-dealkylation sites (N-methyl/N-ethyl adjacent to an activating group) is 1. The van der Waals surface area contributed by atoms with Gasteiger partial charge in [-0.15, -0.1) is 0 Å². The standard InChI is InChI=1S/C11H27N3O2S/c1-6-7-12-8-11(3)17(15,16)13-10(2)9-14(4)5/h10-13H,6-9H2,1-5H3. The fraction of sp³-hybridized carbons (Fsp3) is 1.00. The van der Waals surface area contributed by atoms with Crippen molar-refractivity contribution in [3.05, 3.63) is 0 Å². The first-order chi connectivity index (χ1) is 7.79. The van der Waals surface area contributed by atoms with Gasteiger partial charge in [-0.3, -0.25) is 0 Å². The molecule has 0 aromatic heterocycles. The van der Waals surface area contributed by atoms with Crippen molar-refractivity contribution < 1.29 is 8.42 Å². The van der Waals surface area contributed by atoms with E-state index in [1.165, 1.54) is 0 Å². The summed E-state index contributed by atoms with van der Waals surface area (Å²) in [5.74, 6) is 0. The predicted molar refractivity (Wildman–Crippen MR) is 72.7 cm³/mol. The lowest BCUT2D eigenvalue weighted by molar-refractivity contribution is 0.369. The molecule has 0 rings (SSSR count). The van der Waals surface area contributed by atoms with E-state index in [1.807, 2.05) is 25.9 Å². The second kappa shape index (κ2) is 8.02. The van der Waals surface area contributed by atoms with Gasteiger partial charge in [0.15, 0.2) is 0 Å². The van der Waals surface area contributed by atoms with Gasteiger partial charge in [0.1, 0.15) is 0 Å². The summed E-state index contributed by atoms with van der Waals surface area (Å²) in [6.45, 7) is 7.72. The normalized spacial score (nSPS) is 16.1. The van der Waals surface area contributed by atoms with Gasteiger partial charge in [0, 0.05) is 19.1 Å². The molecule has 104 valence electrons. The third kappa shape index (κ3) is 7.70. The molecule has 2 unspecified atom stereocenters. The summed E-state index contributed by atoms with van der Waals surface area (Å²) in [6, 6.07) is -0.0661. The van der Waals surface area contributed by atoms with Gasteiger partial charge in [-0.25, -0.2) is 13.1 Å². The molecule has 0 saturated heterocycles. The van der Waals surface area contributed by atoms with Gasteiger partial charge in [-0.2, -0.15) is 0 Å². The Hall–Kier alpha value is -0.170. The fourth-order valence-electron chi connectivity index (χ4n) is 1.57. The molecule has 0 saturated carbocycles. The van der Waals surface area contributed by atoms with E-state index in [2.05, 4.69) is 17.0 Å². The van der Waals surface area contributed by atoms with Crippen LogP contribution in [0.15, 0.2) is 0 Å². The smallest absolute Gasteiger partial charge is 0.215 e. The largest absolute Gasteiger partial charge is 0.315 e. The number of rotatable bonds is 9. The Morgan fingerprint density at radius 3 is 2.29 bits per heavy atom.